The number of nitrogens with one attached hydrogen (secondary N) is 1. The summed E-state index contributed by atoms with van der Waals surface area (Å²) in [4.78, 5) is 18.4. The van der Waals surface area contributed by atoms with Gasteiger partial charge >= 0.3 is 6.18 Å². The number of hydrogen-bond acceptors (Lipinski definition) is 2. The van der Waals surface area contributed by atoms with Crippen LogP contribution < -0.4 is 4.98 Å². The number of rotatable bonds is 3. The zero-order valence-electron chi connectivity index (χ0n) is 11.3. The molecule has 0 bridgehead atoms. The fourth-order valence-electron chi connectivity index (χ4n) is 1.33. The predicted molar refractivity (Wildman–Crippen MR) is 69.3 cm³/mol. The van der Waals surface area contributed by atoms with Gasteiger partial charge in [0, 0.05) is 12.4 Å². The summed E-state index contributed by atoms with van der Waals surface area (Å²) >= 11 is 0. The first-order valence-electron chi connectivity index (χ1n) is 5.89. The van der Waals surface area contributed by atoms with E-state index in [1.54, 1.807) is 0 Å². The molecule has 0 aliphatic carbocycles. The lowest BCUT2D eigenvalue weighted by Crippen LogP contribution is -2.50. The van der Waals surface area contributed by atoms with Gasteiger partial charge in [0.05, 0.1) is 11.1 Å². The molecule has 0 unspecified atom stereocenters. The summed E-state index contributed by atoms with van der Waals surface area (Å²) < 4.78 is 38.4. The van der Waals surface area contributed by atoms with Crippen LogP contribution in [0.3, 0.4) is 0 Å². The molecule has 1 heterocycles. The van der Waals surface area contributed by atoms with Crippen LogP contribution in [-0.2, 0) is 6.18 Å². The summed E-state index contributed by atoms with van der Waals surface area (Å²) in [7, 11) is -2.10. The van der Waals surface area contributed by atoms with E-state index in [2.05, 4.69) is 9.97 Å². The van der Waals surface area contributed by atoms with E-state index >= 15 is 0 Å². The van der Waals surface area contributed by atoms with Crippen molar-refractivity contribution in [2.45, 2.75) is 38.7 Å². The van der Waals surface area contributed by atoms with Crippen molar-refractivity contribution in [3.05, 3.63) is 29.6 Å². The van der Waals surface area contributed by atoms with Crippen LogP contribution in [-0.4, -0.2) is 19.1 Å². The molecule has 0 aliphatic heterocycles. The Balaban J connectivity index is 3.08. The Labute approximate surface area is 111 Å². The molecule has 0 atom stereocenters. The lowest BCUT2D eigenvalue weighted by atomic mass is 10.1. The van der Waals surface area contributed by atoms with E-state index < -0.39 is 31.4 Å². The van der Waals surface area contributed by atoms with E-state index in [-0.39, 0.29) is 5.54 Å². The molecule has 7 heteroatoms. The number of carbonyl (C=O) groups is 1. The van der Waals surface area contributed by atoms with Crippen LogP contribution in [0.5, 0.6) is 0 Å². The zero-order valence-corrected chi connectivity index (χ0v) is 12.3. The predicted octanol–water partition coefficient (Wildman–Crippen LogP) is 3.45. The number of hydrogen-bond donors (Lipinski definition) is 1. The molecule has 3 nitrogen and oxygen atoms in total. The second-order valence-corrected chi connectivity index (χ2v) is 10.1. The van der Waals surface area contributed by atoms with Crippen molar-refractivity contribution in [1.29, 1.82) is 0 Å². The van der Waals surface area contributed by atoms with Crippen LogP contribution >= 0.6 is 0 Å². The first-order valence-corrected chi connectivity index (χ1v) is 8.97. The third-order valence-corrected chi connectivity index (χ3v) is 7.01. The van der Waals surface area contributed by atoms with Crippen molar-refractivity contribution in [1.82, 2.24) is 9.97 Å². The number of carbonyl (C=O) groups excluding carboxylic acids is 1. The summed E-state index contributed by atoms with van der Waals surface area (Å²) in [6.07, 6.45) is -2.56. The highest BCUT2D eigenvalue weighted by atomic mass is 28.3. The minimum atomic E-state index is -4.56. The van der Waals surface area contributed by atoms with Gasteiger partial charge in [-0.25, -0.2) is 0 Å². The molecule has 19 heavy (non-hydrogen) atoms. The van der Waals surface area contributed by atoms with Gasteiger partial charge in [-0.2, -0.15) is 13.2 Å². The van der Waals surface area contributed by atoms with Crippen molar-refractivity contribution in [3.63, 3.8) is 0 Å². The van der Waals surface area contributed by atoms with E-state index in [1.165, 1.54) is 0 Å². The maximum absolute atomic E-state index is 12.8. The number of pyridine rings is 1. The van der Waals surface area contributed by atoms with Gasteiger partial charge in [-0.05, 0) is 11.6 Å². The van der Waals surface area contributed by atoms with Crippen LogP contribution in [0.1, 0.15) is 29.8 Å². The zero-order chi connectivity index (χ0) is 14.8. The van der Waals surface area contributed by atoms with Crippen LogP contribution in [0.4, 0.5) is 13.2 Å². The molecule has 0 spiro atoms. The van der Waals surface area contributed by atoms with Crippen LogP contribution in [0.25, 0.3) is 0 Å². The third kappa shape index (κ3) is 3.79. The van der Waals surface area contributed by atoms with Crippen molar-refractivity contribution in [2.24, 2.45) is 0 Å². The molecule has 1 rings (SSSR count). The van der Waals surface area contributed by atoms with Gasteiger partial charge in [0.25, 0.3) is 0 Å². The average molecular weight is 290 g/mol. The molecule has 1 aromatic heterocycles. The Morgan fingerprint density at radius 2 is 1.95 bits per heavy atom. The SMILES string of the molecule is CC(C)[Si](C)(C)NC(=O)c1cnccc1C(F)(F)F. The Kier molecular flexibility index (Phi) is 4.39. The summed E-state index contributed by atoms with van der Waals surface area (Å²) in [5.74, 6) is -0.703. The van der Waals surface area contributed by atoms with Gasteiger partial charge in [-0.1, -0.05) is 26.9 Å². The standard InChI is InChI=1S/C12H17F3N2OSi/c1-8(2)19(3,4)17-11(18)9-7-16-6-5-10(9)12(13,14)15/h5-8H,1-4H3,(H,17,18). The van der Waals surface area contributed by atoms with Crippen molar-refractivity contribution < 1.29 is 18.0 Å². The highest BCUT2D eigenvalue weighted by Gasteiger charge is 2.37. The number of halogens is 3. The summed E-state index contributed by atoms with van der Waals surface area (Å²) in [6, 6.07) is 0.818. The van der Waals surface area contributed by atoms with Gasteiger partial charge < -0.3 is 4.98 Å². The van der Waals surface area contributed by atoms with E-state index in [1.807, 2.05) is 26.9 Å². The maximum Gasteiger partial charge on any atom is 0.417 e. The molecule has 0 saturated heterocycles. The van der Waals surface area contributed by atoms with Crippen LogP contribution in [0, 0.1) is 0 Å². The minimum absolute atomic E-state index is 0.224. The van der Waals surface area contributed by atoms with Gasteiger partial charge in [0.1, 0.15) is 0 Å². The van der Waals surface area contributed by atoms with Gasteiger partial charge in [0.15, 0.2) is 8.24 Å². The second-order valence-electron chi connectivity index (χ2n) is 5.25. The highest BCUT2D eigenvalue weighted by molar-refractivity contribution is 6.78. The molecular weight excluding hydrogens is 273 g/mol. The molecule has 0 aromatic carbocycles. The summed E-state index contributed by atoms with van der Waals surface area (Å²) in [5.41, 5.74) is -1.15. The molecule has 1 N–H and O–H groups in total. The van der Waals surface area contributed by atoms with Crippen LogP contribution in [0.2, 0.25) is 18.6 Å². The van der Waals surface area contributed by atoms with E-state index in [0.717, 1.165) is 18.5 Å². The molecule has 0 fully saturated rings. The van der Waals surface area contributed by atoms with E-state index in [0.29, 0.717) is 0 Å². The lowest BCUT2D eigenvalue weighted by Gasteiger charge is -2.28. The first-order chi connectivity index (χ1) is 8.55. The molecule has 1 aromatic rings. The molecule has 0 radical (unpaired) electrons. The topological polar surface area (TPSA) is 42.0 Å². The maximum atomic E-state index is 12.8. The smallest absolute Gasteiger partial charge is 0.378 e. The molecule has 0 aliphatic rings. The first kappa shape index (κ1) is 15.7. The largest absolute Gasteiger partial charge is 0.417 e. The van der Waals surface area contributed by atoms with Crippen molar-refractivity contribution in [3.8, 4) is 0 Å². The Bertz CT molecular complexity index is 472. The monoisotopic (exact) mass is 290 g/mol. The Hall–Kier alpha value is -1.37. The average Bonchev–Trinajstić information content (AvgIpc) is 2.27. The number of nitrogens with zero attached hydrogens (tertiary/aromatic N) is 1. The van der Waals surface area contributed by atoms with Gasteiger partial charge in [0.2, 0.25) is 5.91 Å². The number of aromatic nitrogens is 1. The lowest BCUT2D eigenvalue weighted by molar-refractivity contribution is -0.138. The summed E-state index contributed by atoms with van der Waals surface area (Å²) in [5, 5.41) is 0. The normalized spacial score (nSPS) is 12.6. The Morgan fingerprint density at radius 3 is 2.42 bits per heavy atom. The van der Waals surface area contributed by atoms with Gasteiger partial charge in [-0.3, -0.25) is 9.78 Å². The van der Waals surface area contributed by atoms with Crippen molar-refractivity contribution >= 4 is 14.1 Å². The third-order valence-electron chi connectivity index (χ3n) is 3.25. The fraction of sp³-hybridized carbons (Fsp3) is 0.500. The number of alkyl halides is 3. The number of amides is 1. The Morgan fingerprint density at radius 1 is 1.37 bits per heavy atom. The highest BCUT2D eigenvalue weighted by Crippen LogP contribution is 2.31. The molecule has 1 amide bonds. The molecular formula is C12H17F3N2OSi. The van der Waals surface area contributed by atoms with E-state index in [4.69, 9.17) is 0 Å². The fourth-order valence-corrected chi connectivity index (χ4v) is 2.34. The van der Waals surface area contributed by atoms with Gasteiger partial charge in [-0.15, -0.1) is 0 Å². The minimum Gasteiger partial charge on any atom is -0.378 e. The quantitative estimate of drug-likeness (QED) is 0.866. The second kappa shape index (κ2) is 5.32. The van der Waals surface area contributed by atoms with Crippen molar-refractivity contribution in [2.75, 3.05) is 0 Å². The van der Waals surface area contributed by atoms with Crippen LogP contribution in [0.15, 0.2) is 18.5 Å². The molecule has 106 valence electrons. The molecule has 0 saturated carbocycles. The summed E-state index contributed by atoms with van der Waals surface area (Å²) in [6.45, 7) is 7.69. The van der Waals surface area contributed by atoms with E-state index in [9.17, 15) is 18.0 Å².